The highest BCUT2D eigenvalue weighted by Gasteiger charge is 2.16. The average Bonchev–Trinajstić information content (AvgIpc) is 2.66. The van der Waals surface area contributed by atoms with Crippen molar-refractivity contribution in [2.45, 2.75) is 20.0 Å². The van der Waals surface area contributed by atoms with Crippen LogP contribution < -0.4 is 14.8 Å². The first kappa shape index (κ1) is 19.2. The molecule has 0 bridgehead atoms. The van der Waals surface area contributed by atoms with Crippen molar-refractivity contribution in [2.24, 2.45) is 0 Å². The Morgan fingerprint density at radius 1 is 1.15 bits per heavy atom. The van der Waals surface area contributed by atoms with Crippen LogP contribution in [-0.2, 0) is 16.1 Å². The van der Waals surface area contributed by atoms with Gasteiger partial charge in [0.2, 0.25) is 0 Å². The van der Waals surface area contributed by atoms with E-state index in [1.807, 2.05) is 19.1 Å². The molecule has 6 nitrogen and oxygen atoms in total. The SMILES string of the molecule is Cc1ccccc1C(=O)NCCC(=O)OCc1cc2c(cc1Br)OCCO2. The van der Waals surface area contributed by atoms with Gasteiger partial charge in [0.05, 0.1) is 6.42 Å². The van der Waals surface area contributed by atoms with Crippen LogP contribution >= 0.6 is 15.9 Å². The van der Waals surface area contributed by atoms with Crippen molar-refractivity contribution in [3.63, 3.8) is 0 Å². The predicted molar refractivity (Wildman–Crippen MR) is 103 cm³/mol. The Labute approximate surface area is 165 Å². The molecule has 27 heavy (non-hydrogen) atoms. The molecule has 0 radical (unpaired) electrons. The number of hydrogen-bond acceptors (Lipinski definition) is 5. The predicted octanol–water partition coefficient (Wildman–Crippen LogP) is 3.39. The molecule has 1 N–H and O–H groups in total. The molecular formula is C20H20BrNO5. The maximum absolute atomic E-state index is 12.1. The normalized spacial score (nSPS) is 12.4. The molecule has 0 saturated heterocycles. The lowest BCUT2D eigenvalue weighted by atomic mass is 10.1. The summed E-state index contributed by atoms with van der Waals surface area (Å²) in [6.45, 7) is 3.21. The summed E-state index contributed by atoms with van der Waals surface area (Å²) in [6.07, 6.45) is 0.0970. The first-order valence-corrected chi connectivity index (χ1v) is 9.41. The van der Waals surface area contributed by atoms with Crippen LogP contribution in [0.5, 0.6) is 11.5 Å². The van der Waals surface area contributed by atoms with Gasteiger partial charge >= 0.3 is 5.97 Å². The van der Waals surface area contributed by atoms with Crippen LogP contribution in [0.1, 0.15) is 27.9 Å². The summed E-state index contributed by atoms with van der Waals surface area (Å²) < 4.78 is 17.1. The first-order chi connectivity index (χ1) is 13.0. The zero-order chi connectivity index (χ0) is 19.2. The number of esters is 1. The molecule has 0 spiro atoms. The Balaban J connectivity index is 1.46. The number of hydrogen-bond donors (Lipinski definition) is 1. The largest absolute Gasteiger partial charge is 0.486 e. The second kappa shape index (κ2) is 8.90. The molecule has 2 aromatic rings. The number of ether oxygens (including phenoxy) is 3. The van der Waals surface area contributed by atoms with Gasteiger partial charge in [0.25, 0.3) is 5.91 Å². The maximum Gasteiger partial charge on any atom is 0.307 e. The minimum atomic E-state index is -0.387. The molecule has 0 atom stereocenters. The number of aryl methyl sites for hydroxylation is 1. The van der Waals surface area contributed by atoms with Gasteiger partial charge in [-0.1, -0.05) is 34.1 Å². The lowest BCUT2D eigenvalue weighted by molar-refractivity contribution is -0.144. The molecule has 2 aromatic carbocycles. The third kappa shape index (κ3) is 5.01. The highest BCUT2D eigenvalue weighted by atomic mass is 79.9. The Morgan fingerprint density at radius 2 is 1.85 bits per heavy atom. The topological polar surface area (TPSA) is 73.9 Å². The van der Waals surface area contributed by atoms with Gasteiger partial charge in [-0.05, 0) is 30.7 Å². The van der Waals surface area contributed by atoms with Crippen LogP contribution in [-0.4, -0.2) is 31.6 Å². The average molecular weight is 434 g/mol. The molecule has 1 aliphatic rings. The van der Waals surface area contributed by atoms with Gasteiger partial charge in [-0.2, -0.15) is 0 Å². The monoisotopic (exact) mass is 433 g/mol. The molecule has 0 saturated carbocycles. The smallest absolute Gasteiger partial charge is 0.307 e. The van der Waals surface area contributed by atoms with Gasteiger partial charge in [0.15, 0.2) is 11.5 Å². The summed E-state index contributed by atoms with van der Waals surface area (Å²) in [7, 11) is 0. The number of halogens is 1. The Hall–Kier alpha value is -2.54. The lowest BCUT2D eigenvalue weighted by Crippen LogP contribution is -2.27. The molecule has 7 heteroatoms. The maximum atomic E-state index is 12.1. The van der Waals surface area contributed by atoms with Crippen molar-refractivity contribution in [3.8, 4) is 11.5 Å². The molecule has 1 aliphatic heterocycles. The molecular weight excluding hydrogens is 414 g/mol. The minimum Gasteiger partial charge on any atom is -0.486 e. The van der Waals surface area contributed by atoms with Gasteiger partial charge < -0.3 is 19.5 Å². The van der Waals surface area contributed by atoms with E-state index >= 15 is 0 Å². The Kier molecular flexibility index (Phi) is 6.34. The van der Waals surface area contributed by atoms with E-state index < -0.39 is 0 Å². The quantitative estimate of drug-likeness (QED) is 0.706. The zero-order valence-electron chi connectivity index (χ0n) is 14.9. The number of carbonyl (C=O) groups excluding carboxylic acids is 2. The summed E-state index contributed by atoms with van der Waals surface area (Å²) in [6, 6.07) is 10.9. The summed E-state index contributed by atoms with van der Waals surface area (Å²) in [5.74, 6) is 0.723. The fourth-order valence-corrected chi connectivity index (χ4v) is 3.08. The second-order valence-corrected chi connectivity index (χ2v) is 6.92. The van der Waals surface area contributed by atoms with Crippen molar-refractivity contribution < 1.29 is 23.8 Å². The number of rotatable bonds is 6. The highest BCUT2D eigenvalue weighted by Crippen LogP contribution is 2.35. The molecule has 0 aromatic heterocycles. The third-order valence-corrected chi connectivity index (χ3v) is 4.84. The summed E-state index contributed by atoms with van der Waals surface area (Å²) in [4.78, 5) is 24.1. The van der Waals surface area contributed by atoms with Crippen LogP contribution in [0, 0.1) is 6.92 Å². The Morgan fingerprint density at radius 3 is 2.59 bits per heavy atom. The fraction of sp³-hybridized carbons (Fsp3) is 0.300. The van der Waals surface area contributed by atoms with E-state index in [0.717, 1.165) is 15.6 Å². The van der Waals surface area contributed by atoms with E-state index in [9.17, 15) is 9.59 Å². The number of benzene rings is 2. The van der Waals surface area contributed by atoms with E-state index in [-0.39, 0.29) is 31.4 Å². The number of nitrogens with one attached hydrogen (secondary N) is 1. The van der Waals surface area contributed by atoms with Gasteiger partial charge in [-0.25, -0.2) is 0 Å². The van der Waals surface area contributed by atoms with Crippen LogP contribution in [0.3, 0.4) is 0 Å². The summed E-state index contributed by atoms with van der Waals surface area (Å²) >= 11 is 3.45. The van der Waals surface area contributed by atoms with E-state index in [1.54, 1.807) is 24.3 Å². The molecule has 0 unspecified atom stereocenters. The Bertz CT molecular complexity index is 852. The van der Waals surface area contributed by atoms with Crippen molar-refractivity contribution in [2.75, 3.05) is 19.8 Å². The fourth-order valence-electron chi connectivity index (χ4n) is 2.65. The highest BCUT2D eigenvalue weighted by molar-refractivity contribution is 9.10. The van der Waals surface area contributed by atoms with E-state index in [4.69, 9.17) is 14.2 Å². The molecule has 0 aliphatic carbocycles. The van der Waals surface area contributed by atoms with Crippen LogP contribution in [0.25, 0.3) is 0 Å². The molecule has 3 rings (SSSR count). The van der Waals surface area contributed by atoms with Gasteiger partial charge in [0.1, 0.15) is 19.8 Å². The summed E-state index contributed by atoms with van der Waals surface area (Å²) in [5.41, 5.74) is 2.28. The van der Waals surface area contributed by atoms with E-state index in [0.29, 0.717) is 30.3 Å². The van der Waals surface area contributed by atoms with Crippen molar-refractivity contribution in [3.05, 3.63) is 57.6 Å². The minimum absolute atomic E-state index is 0.0970. The van der Waals surface area contributed by atoms with Crippen LogP contribution in [0.15, 0.2) is 40.9 Å². The van der Waals surface area contributed by atoms with Gasteiger partial charge in [0, 0.05) is 22.1 Å². The first-order valence-electron chi connectivity index (χ1n) is 8.62. The van der Waals surface area contributed by atoms with Gasteiger partial charge in [-0.15, -0.1) is 0 Å². The van der Waals surface area contributed by atoms with Crippen molar-refractivity contribution in [1.29, 1.82) is 0 Å². The third-order valence-electron chi connectivity index (χ3n) is 4.10. The van der Waals surface area contributed by atoms with Crippen molar-refractivity contribution >= 4 is 27.8 Å². The molecule has 1 heterocycles. The lowest BCUT2D eigenvalue weighted by Gasteiger charge is -2.19. The van der Waals surface area contributed by atoms with E-state index in [1.165, 1.54) is 0 Å². The molecule has 0 fully saturated rings. The van der Waals surface area contributed by atoms with Crippen molar-refractivity contribution in [1.82, 2.24) is 5.32 Å². The second-order valence-electron chi connectivity index (χ2n) is 6.07. The number of amides is 1. The number of fused-ring (bicyclic) bond motifs is 1. The number of carbonyl (C=O) groups is 2. The molecule has 1 amide bonds. The summed E-state index contributed by atoms with van der Waals surface area (Å²) in [5, 5.41) is 2.74. The van der Waals surface area contributed by atoms with Crippen LogP contribution in [0.4, 0.5) is 0 Å². The van der Waals surface area contributed by atoms with Gasteiger partial charge in [-0.3, -0.25) is 9.59 Å². The van der Waals surface area contributed by atoms with Crippen LogP contribution in [0.2, 0.25) is 0 Å². The van der Waals surface area contributed by atoms with E-state index in [2.05, 4.69) is 21.2 Å². The standard InChI is InChI=1S/C20H20BrNO5/c1-13-4-2-3-5-15(13)20(24)22-7-6-19(23)27-12-14-10-17-18(11-16(14)21)26-9-8-25-17/h2-5,10-11H,6-9,12H2,1H3,(H,22,24). The molecule has 142 valence electrons. The zero-order valence-corrected chi connectivity index (χ0v) is 16.5.